The second-order valence-electron chi connectivity index (χ2n) is 6.03. The van der Waals surface area contributed by atoms with Crippen LogP contribution in [0.2, 0.25) is 0 Å². The predicted molar refractivity (Wildman–Crippen MR) is 91.0 cm³/mol. The number of hydrogen-bond donors (Lipinski definition) is 1. The molecule has 2 rings (SSSR count). The van der Waals surface area contributed by atoms with E-state index in [1.54, 1.807) is 57.3 Å². The second kappa shape index (κ2) is 11.8. The zero-order chi connectivity index (χ0) is 19.6. The summed E-state index contributed by atoms with van der Waals surface area (Å²) in [5.41, 5.74) is -0.0409. The van der Waals surface area contributed by atoms with Crippen LogP contribution < -0.4 is 29.3 Å². The maximum atomic E-state index is 11.5. The third-order valence-electron chi connectivity index (χ3n) is 2.69. The molecule has 0 aromatic carbocycles. The van der Waals surface area contributed by atoms with Crippen LogP contribution in [0.1, 0.15) is 43.0 Å². The number of carbonyl (C=O) groups is 3. The minimum absolute atomic E-state index is 0. The van der Waals surface area contributed by atoms with Crippen molar-refractivity contribution in [2.75, 3.05) is 0 Å². The standard InChI is InChI=1S/C12H16N2O4.C6H5NO.Li/c1-12(2,3)18-11(17)14-9(10(15)16)8-6-4-5-7-13-8;8-5-6-3-1-2-4-7-6;/h4-7,9H,1-3H3,(H,14,17)(H,15,16);1-5H;/q;;+1/p-1. The van der Waals surface area contributed by atoms with Crippen LogP contribution >= 0.6 is 0 Å². The molecule has 2 aromatic heterocycles. The van der Waals surface area contributed by atoms with Crippen molar-refractivity contribution in [3.63, 3.8) is 0 Å². The number of aldehydes is 1. The van der Waals surface area contributed by atoms with E-state index in [1.807, 2.05) is 0 Å². The monoisotopic (exact) mass is 365 g/mol. The van der Waals surface area contributed by atoms with Crippen molar-refractivity contribution in [3.05, 3.63) is 60.2 Å². The largest absolute Gasteiger partial charge is 1.00 e. The molecule has 0 bridgehead atoms. The fourth-order valence-electron chi connectivity index (χ4n) is 1.67. The molecule has 0 spiro atoms. The molecule has 0 saturated carbocycles. The first-order valence-corrected chi connectivity index (χ1v) is 7.70. The van der Waals surface area contributed by atoms with Gasteiger partial charge in [-0.05, 0) is 45.0 Å². The molecule has 0 radical (unpaired) electrons. The number of hydrogen-bond acceptors (Lipinski definition) is 7. The molecule has 2 heterocycles. The number of carboxylic acid groups (broad SMARTS) is 1. The average Bonchev–Trinajstić information content (AvgIpc) is 2.60. The zero-order valence-corrected chi connectivity index (χ0v) is 15.7. The molecular weight excluding hydrogens is 345 g/mol. The Morgan fingerprint density at radius 3 is 2.07 bits per heavy atom. The number of pyridine rings is 2. The van der Waals surface area contributed by atoms with E-state index in [9.17, 15) is 19.5 Å². The van der Waals surface area contributed by atoms with Gasteiger partial charge in [-0.15, -0.1) is 0 Å². The summed E-state index contributed by atoms with van der Waals surface area (Å²) >= 11 is 0. The fraction of sp³-hybridized carbons (Fsp3) is 0.278. The van der Waals surface area contributed by atoms with Crippen LogP contribution in [0, 0.1) is 0 Å². The van der Waals surface area contributed by atoms with Crippen LogP contribution in [0.5, 0.6) is 0 Å². The van der Waals surface area contributed by atoms with Crippen LogP contribution in [0.15, 0.2) is 48.8 Å². The summed E-state index contributed by atoms with van der Waals surface area (Å²) in [5, 5.41) is 13.2. The first-order chi connectivity index (χ1) is 12.2. The van der Waals surface area contributed by atoms with Gasteiger partial charge in [-0.2, -0.15) is 0 Å². The molecule has 0 aliphatic carbocycles. The molecule has 1 N–H and O–H groups in total. The van der Waals surface area contributed by atoms with Gasteiger partial charge in [0.05, 0.1) is 11.7 Å². The average molecular weight is 365 g/mol. The van der Waals surface area contributed by atoms with E-state index in [1.165, 1.54) is 12.3 Å². The van der Waals surface area contributed by atoms with Crippen LogP contribution in [0.4, 0.5) is 4.79 Å². The normalized spacial score (nSPS) is 10.9. The van der Waals surface area contributed by atoms with Crippen molar-refractivity contribution < 1.29 is 43.1 Å². The second-order valence-corrected chi connectivity index (χ2v) is 6.03. The Balaban J connectivity index is 0.000000629. The number of nitrogens with one attached hydrogen (secondary N) is 1. The Morgan fingerprint density at radius 2 is 1.70 bits per heavy atom. The first kappa shape index (κ1) is 24.3. The van der Waals surface area contributed by atoms with Gasteiger partial charge in [0.15, 0.2) is 6.29 Å². The molecule has 2 aromatic rings. The molecule has 1 unspecified atom stereocenters. The van der Waals surface area contributed by atoms with E-state index in [0.29, 0.717) is 5.69 Å². The Labute approximate surface area is 169 Å². The van der Waals surface area contributed by atoms with Gasteiger partial charge in [0.2, 0.25) is 0 Å². The van der Waals surface area contributed by atoms with Gasteiger partial charge < -0.3 is 20.0 Å². The van der Waals surface area contributed by atoms with Gasteiger partial charge in [-0.3, -0.25) is 14.8 Å². The maximum absolute atomic E-state index is 11.5. The van der Waals surface area contributed by atoms with Crippen LogP contribution in [-0.2, 0) is 9.53 Å². The summed E-state index contributed by atoms with van der Waals surface area (Å²) in [4.78, 5) is 40.0. The van der Waals surface area contributed by atoms with E-state index in [-0.39, 0.29) is 24.6 Å². The SMILES string of the molecule is CC(C)(C)OC(=O)NC(C(=O)[O-])c1ccccn1.O=Cc1ccccn1.[Li+]. The number of alkyl carbamates (subject to hydrolysis) is 1. The van der Waals surface area contributed by atoms with E-state index in [0.717, 1.165) is 6.29 Å². The summed E-state index contributed by atoms with van der Waals surface area (Å²) in [7, 11) is 0. The minimum atomic E-state index is -1.44. The summed E-state index contributed by atoms with van der Waals surface area (Å²) in [6, 6.07) is 8.62. The summed E-state index contributed by atoms with van der Waals surface area (Å²) < 4.78 is 4.97. The molecule has 0 aliphatic rings. The Bertz CT molecular complexity index is 721. The number of aliphatic carboxylic acids is 1. The number of carboxylic acids is 1. The van der Waals surface area contributed by atoms with Gasteiger partial charge in [0.1, 0.15) is 17.3 Å². The molecule has 27 heavy (non-hydrogen) atoms. The topological polar surface area (TPSA) is 121 Å². The number of ether oxygens (including phenoxy) is 1. The quantitative estimate of drug-likeness (QED) is 0.506. The zero-order valence-electron chi connectivity index (χ0n) is 15.7. The maximum Gasteiger partial charge on any atom is 1.00 e. The molecule has 8 nitrogen and oxygen atoms in total. The number of rotatable bonds is 4. The van der Waals surface area contributed by atoms with Crippen molar-refractivity contribution in [1.29, 1.82) is 0 Å². The Hall–Kier alpha value is -2.69. The number of nitrogens with zero attached hydrogens (tertiary/aromatic N) is 2. The minimum Gasteiger partial charge on any atom is -0.547 e. The smallest absolute Gasteiger partial charge is 0.547 e. The van der Waals surface area contributed by atoms with Crippen molar-refractivity contribution in [2.45, 2.75) is 32.4 Å². The molecule has 138 valence electrons. The molecule has 9 heteroatoms. The molecule has 0 aliphatic heterocycles. The molecule has 1 atom stereocenters. The van der Waals surface area contributed by atoms with Gasteiger partial charge in [0, 0.05) is 12.4 Å². The van der Waals surface area contributed by atoms with E-state index >= 15 is 0 Å². The number of amides is 1. The van der Waals surface area contributed by atoms with Gasteiger partial charge in [-0.1, -0.05) is 12.1 Å². The van der Waals surface area contributed by atoms with E-state index in [4.69, 9.17) is 4.74 Å². The van der Waals surface area contributed by atoms with Crippen molar-refractivity contribution in [2.24, 2.45) is 0 Å². The predicted octanol–water partition coefficient (Wildman–Crippen LogP) is -1.70. The number of aromatic nitrogens is 2. The molecular formula is C18H20LiN3O5. The van der Waals surface area contributed by atoms with Crippen LogP contribution in [0.25, 0.3) is 0 Å². The summed E-state index contributed by atoms with van der Waals surface area (Å²) in [5.74, 6) is -1.44. The summed E-state index contributed by atoms with van der Waals surface area (Å²) in [6.45, 7) is 5.05. The number of carbonyl (C=O) groups excluding carboxylic acids is 3. The van der Waals surface area contributed by atoms with Crippen molar-refractivity contribution in [1.82, 2.24) is 15.3 Å². The van der Waals surface area contributed by atoms with Crippen LogP contribution in [-0.4, -0.2) is 33.9 Å². The first-order valence-electron chi connectivity index (χ1n) is 7.70. The molecule has 0 fully saturated rings. The van der Waals surface area contributed by atoms with E-state index in [2.05, 4.69) is 15.3 Å². The van der Waals surface area contributed by atoms with Gasteiger partial charge >= 0.3 is 25.0 Å². The molecule has 1 amide bonds. The Morgan fingerprint density at radius 1 is 1.11 bits per heavy atom. The molecule has 0 saturated heterocycles. The fourth-order valence-corrected chi connectivity index (χ4v) is 1.67. The van der Waals surface area contributed by atoms with Crippen molar-refractivity contribution >= 4 is 18.3 Å². The van der Waals surface area contributed by atoms with Crippen LogP contribution in [0.3, 0.4) is 0 Å². The Kier molecular flexibility index (Phi) is 10.7. The third kappa shape index (κ3) is 10.1. The summed E-state index contributed by atoms with van der Waals surface area (Å²) in [6.07, 6.45) is 2.91. The van der Waals surface area contributed by atoms with E-state index < -0.39 is 23.7 Å². The third-order valence-corrected chi connectivity index (χ3v) is 2.69. The van der Waals surface area contributed by atoms with Crippen molar-refractivity contribution in [3.8, 4) is 0 Å². The van der Waals surface area contributed by atoms with Gasteiger partial charge in [0.25, 0.3) is 0 Å². The van der Waals surface area contributed by atoms with Gasteiger partial charge in [-0.25, -0.2) is 4.79 Å².